The highest BCUT2D eigenvalue weighted by Gasteiger charge is 2.15. The molecule has 0 saturated carbocycles. The summed E-state index contributed by atoms with van der Waals surface area (Å²) in [6, 6.07) is 0. The van der Waals surface area contributed by atoms with Gasteiger partial charge in [-0.25, -0.2) is 0 Å². The smallest absolute Gasteiger partial charge is 0.312 e. The second-order valence-electron chi connectivity index (χ2n) is 2.43. The molecular weight excluding hydrogens is 139 g/mol. The van der Waals surface area contributed by atoms with E-state index < -0.39 is 0 Å². The van der Waals surface area contributed by atoms with Crippen LogP contribution in [0.5, 0.6) is 0 Å². The van der Waals surface area contributed by atoms with Crippen LogP contribution in [0.4, 0.5) is 0 Å². The third-order valence-corrected chi connectivity index (χ3v) is 1.63. The number of hydrogen-bond acceptors (Lipinski definition) is 2. The van der Waals surface area contributed by atoms with Crippen LogP contribution in [-0.2, 0) is 9.53 Å². The first-order chi connectivity index (χ1) is 5.24. The summed E-state index contributed by atoms with van der Waals surface area (Å²) in [5.41, 5.74) is 0.713. The molecule has 0 heterocycles. The van der Waals surface area contributed by atoms with E-state index in [2.05, 4.69) is 4.74 Å². The van der Waals surface area contributed by atoms with Crippen LogP contribution in [0.2, 0.25) is 0 Å². The van der Waals surface area contributed by atoms with Crippen molar-refractivity contribution in [2.24, 2.45) is 5.92 Å². The van der Waals surface area contributed by atoms with Gasteiger partial charge in [0.2, 0.25) is 0 Å². The Bertz CT molecular complexity index is 218. The van der Waals surface area contributed by atoms with Gasteiger partial charge in [0.15, 0.2) is 0 Å². The maximum Gasteiger partial charge on any atom is 0.312 e. The number of carbonyl (C=O) groups is 1. The van der Waals surface area contributed by atoms with Crippen molar-refractivity contribution in [3.05, 3.63) is 23.7 Å². The van der Waals surface area contributed by atoms with E-state index in [1.54, 1.807) is 12.2 Å². The molecule has 2 nitrogen and oxygen atoms in total. The molecular formula is C8H9BO2. The number of ether oxygens (including phenoxy) is 1. The number of hydrogen-bond donors (Lipinski definition) is 0. The van der Waals surface area contributed by atoms with Crippen molar-refractivity contribution in [2.75, 3.05) is 7.11 Å². The molecule has 2 radical (unpaired) electrons. The molecule has 0 aliphatic heterocycles. The Labute approximate surface area is 67.3 Å². The fourth-order valence-electron chi connectivity index (χ4n) is 0.963. The standard InChI is InChI=1S/C8H9BO2/c1-11-8(10)6-2-4-7(9)5-3-6/h2,4-6H,3H2,1H3. The van der Waals surface area contributed by atoms with Gasteiger partial charge in [-0.05, 0) is 6.42 Å². The maximum absolute atomic E-state index is 10.9. The van der Waals surface area contributed by atoms with Gasteiger partial charge >= 0.3 is 5.97 Å². The minimum atomic E-state index is -0.204. The van der Waals surface area contributed by atoms with Crippen molar-refractivity contribution in [2.45, 2.75) is 6.42 Å². The van der Waals surface area contributed by atoms with Crippen LogP contribution in [0.25, 0.3) is 0 Å². The summed E-state index contributed by atoms with van der Waals surface area (Å²) in [7, 11) is 6.85. The minimum absolute atomic E-state index is 0.146. The number of carbonyl (C=O) groups excluding carboxylic acids is 1. The molecule has 11 heavy (non-hydrogen) atoms. The van der Waals surface area contributed by atoms with Crippen LogP contribution in [0, 0.1) is 5.92 Å². The number of allylic oxidation sites excluding steroid dienone is 3. The monoisotopic (exact) mass is 148 g/mol. The molecule has 0 aromatic rings. The second-order valence-corrected chi connectivity index (χ2v) is 2.43. The second kappa shape index (κ2) is 3.42. The summed E-state index contributed by atoms with van der Waals surface area (Å²) in [5.74, 6) is -0.350. The zero-order valence-electron chi connectivity index (χ0n) is 6.41. The first-order valence-electron chi connectivity index (χ1n) is 3.45. The summed E-state index contributed by atoms with van der Waals surface area (Å²) in [5, 5.41) is 0. The highest BCUT2D eigenvalue weighted by Crippen LogP contribution is 2.15. The van der Waals surface area contributed by atoms with E-state index in [9.17, 15) is 4.79 Å². The molecule has 1 atom stereocenters. The van der Waals surface area contributed by atoms with E-state index in [0.717, 1.165) is 0 Å². The zero-order chi connectivity index (χ0) is 8.27. The minimum Gasteiger partial charge on any atom is -0.469 e. The van der Waals surface area contributed by atoms with Crippen molar-refractivity contribution >= 4 is 13.8 Å². The summed E-state index contributed by atoms with van der Waals surface area (Å²) in [6.45, 7) is 0. The Morgan fingerprint density at radius 1 is 1.82 bits per heavy atom. The van der Waals surface area contributed by atoms with Gasteiger partial charge < -0.3 is 4.74 Å². The number of esters is 1. The molecule has 0 amide bonds. The lowest BCUT2D eigenvalue weighted by Gasteiger charge is -2.11. The van der Waals surface area contributed by atoms with E-state index >= 15 is 0 Å². The predicted octanol–water partition coefficient (Wildman–Crippen LogP) is 0.788. The predicted molar refractivity (Wildman–Crippen MR) is 43.1 cm³/mol. The van der Waals surface area contributed by atoms with Crippen molar-refractivity contribution in [3.8, 4) is 0 Å². The highest BCUT2D eigenvalue weighted by atomic mass is 16.5. The third kappa shape index (κ3) is 1.97. The highest BCUT2D eigenvalue weighted by molar-refractivity contribution is 6.23. The average molecular weight is 148 g/mol. The van der Waals surface area contributed by atoms with Crippen LogP contribution >= 0.6 is 0 Å². The van der Waals surface area contributed by atoms with Crippen LogP contribution in [-0.4, -0.2) is 20.9 Å². The Morgan fingerprint density at radius 3 is 3.00 bits per heavy atom. The fraction of sp³-hybridized carbons (Fsp3) is 0.375. The summed E-state index contributed by atoms with van der Waals surface area (Å²) < 4.78 is 4.56. The molecule has 1 unspecified atom stereocenters. The molecule has 0 spiro atoms. The van der Waals surface area contributed by atoms with E-state index in [0.29, 0.717) is 11.9 Å². The molecule has 0 bridgehead atoms. The van der Waals surface area contributed by atoms with Gasteiger partial charge in [0.05, 0.1) is 13.0 Å². The van der Waals surface area contributed by atoms with Crippen molar-refractivity contribution < 1.29 is 9.53 Å². The summed E-state index contributed by atoms with van der Waals surface area (Å²) >= 11 is 0. The first kappa shape index (κ1) is 8.11. The molecule has 0 aromatic heterocycles. The lowest BCUT2D eigenvalue weighted by atomic mass is 9.87. The average Bonchev–Trinajstić information content (AvgIpc) is 2.05. The SMILES string of the molecule is [B]C1=CCC(C(=O)OC)C=C1. The largest absolute Gasteiger partial charge is 0.469 e. The Hall–Kier alpha value is -0.985. The Morgan fingerprint density at radius 2 is 2.55 bits per heavy atom. The van der Waals surface area contributed by atoms with Gasteiger partial charge in [-0.15, -0.1) is 5.47 Å². The maximum atomic E-state index is 10.9. The fourth-order valence-corrected chi connectivity index (χ4v) is 0.963. The van der Waals surface area contributed by atoms with Crippen LogP contribution in [0.3, 0.4) is 0 Å². The first-order valence-corrected chi connectivity index (χ1v) is 3.45. The zero-order valence-corrected chi connectivity index (χ0v) is 6.41. The molecule has 0 saturated heterocycles. The van der Waals surface area contributed by atoms with Gasteiger partial charge in [0, 0.05) is 0 Å². The van der Waals surface area contributed by atoms with Gasteiger partial charge in [-0.1, -0.05) is 18.2 Å². The lowest BCUT2D eigenvalue weighted by Crippen LogP contribution is -2.14. The van der Waals surface area contributed by atoms with Crippen LogP contribution < -0.4 is 0 Å². The van der Waals surface area contributed by atoms with E-state index in [1.165, 1.54) is 7.11 Å². The van der Waals surface area contributed by atoms with E-state index in [-0.39, 0.29) is 11.9 Å². The number of methoxy groups -OCH3 is 1. The third-order valence-electron chi connectivity index (χ3n) is 1.63. The van der Waals surface area contributed by atoms with Crippen molar-refractivity contribution in [3.63, 3.8) is 0 Å². The molecule has 0 aromatic carbocycles. The van der Waals surface area contributed by atoms with E-state index in [4.69, 9.17) is 7.85 Å². The molecule has 1 aliphatic carbocycles. The van der Waals surface area contributed by atoms with Crippen LogP contribution in [0.1, 0.15) is 6.42 Å². The summed E-state index contributed by atoms with van der Waals surface area (Å²) in [6.07, 6.45) is 5.96. The molecule has 3 heteroatoms. The normalized spacial score (nSPS) is 22.6. The lowest BCUT2D eigenvalue weighted by molar-refractivity contribution is -0.143. The van der Waals surface area contributed by atoms with Crippen LogP contribution in [0.15, 0.2) is 23.7 Å². The van der Waals surface area contributed by atoms with Crippen molar-refractivity contribution in [1.29, 1.82) is 0 Å². The Kier molecular flexibility index (Phi) is 2.52. The molecule has 1 aliphatic rings. The van der Waals surface area contributed by atoms with Gasteiger partial charge in [0.25, 0.3) is 0 Å². The quantitative estimate of drug-likeness (QED) is 0.405. The molecule has 56 valence electrons. The van der Waals surface area contributed by atoms with Gasteiger partial charge in [0.1, 0.15) is 7.85 Å². The van der Waals surface area contributed by atoms with Crippen molar-refractivity contribution in [1.82, 2.24) is 0 Å². The van der Waals surface area contributed by atoms with E-state index in [1.807, 2.05) is 6.08 Å². The number of rotatable bonds is 1. The Balaban J connectivity index is 2.55. The summed E-state index contributed by atoms with van der Waals surface area (Å²) in [4.78, 5) is 10.9. The molecule has 0 fully saturated rings. The van der Waals surface area contributed by atoms with Gasteiger partial charge in [-0.3, -0.25) is 4.79 Å². The topological polar surface area (TPSA) is 26.3 Å². The molecule has 0 N–H and O–H groups in total. The van der Waals surface area contributed by atoms with Gasteiger partial charge in [-0.2, -0.15) is 0 Å². The molecule has 1 rings (SSSR count).